The van der Waals surface area contributed by atoms with Gasteiger partial charge in [0.05, 0.1) is 26.9 Å². The van der Waals surface area contributed by atoms with Gasteiger partial charge >= 0.3 is 0 Å². The van der Waals surface area contributed by atoms with E-state index in [0.29, 0.717) is 32.6 Å². The molecule has 1 heterocycles. The van der Waals surface area contributed by atoms with E-state index in [9.17, 15) is 14.9 Å². The van der Waals surface area contributed by atoms with Crippen LogP contribution in [0.4, 0.5) is 11.4 Å². The van der Waals surface area contributed by atoms with Crippen molar-refractivity contribution in [2.24, 2.45) is 5.10 Å². The summed E-state index contributed by atoms with van der Waals surface area (Å²) in [5.74, 6) is -0.347. The number of hydrogen-bond donors (Lipinski definition) is 0. The van der Waals surface area contributed by atoms with Gasteiger partial charge in [0, 0.05) is 17.2 Å². The number of benzene rings is 2. The lowest BCUT2D eigenvalue weighted by Gasteiger charge is -2.13. The Labute approximate surface area is 153 Å². The van der Waals surface area contributed by atoms with Gasteiger partial charge < -0.3 is 0 Å². The van der Waals surface area contributed by atoms with Crippen LogP contribution in [0.1, 0.15) is 12.5 Å². The molecule has 0 saturated carbocycles. The minimum absolute atomic E-state index is 0.0161. The lowest BCUT2D eigenvalue weighted by molar-refractivity contribution is -0.384. The first kappa shape index (κ1) is 17.1. The predicted octanol–water partition coefficient (Wildman–Crippen LogP) is 4.71. The summed E-state index contributed by atoms with van der Waals surface area (Å²) in [5, 5.41) is 16.9. The van der Waals surface area contributed by atoms with Crippen molar-refractivity contribution in [2.45, 2.75) is 6.92 Å². The first-order chi connectivity index (χ1) is 11.9. The van der Waals surface area contributed by atoms with Gasteiger partial charge in [0.25, 0.3) is 11.6 Å². The summed E-state index contributed by atoms with van der Waals surface area (Å²) in [6.07, 6.45) is 1.63. The molecule has 2 aromatic carbocycles. The maximum Gasteiger partial charge on any atom is 0.280 e. The Kier molecular flexibility index (Phi) is 4.57. The molecule has 0 saturated heterocycles. The Hall–Kier alpha value is -2.70. The fourth-order valence-electron chi connectivity index (χ4n) is 2.35. The van der Waals surface area contributed by atoms with Crippen molar-refractivity contribution in [3.8, 4) is 0 Å². The highest BCUT2D eigenvalue weighted by atomic mass is 35.5. The van der Waals surface area contributed by atoms with E-state index in [0.717, 1.165) is 0 Å². The molecule has 0 fully saturated rings. The van der Waals surface area contributed by atoms with E-state index in [-0.39, 0.29) is 11.6 Å². The van der Waals surface area contributed by atoms with Crippen molar-refractivity contribution in [3.05, 3.63) is 73.8 Å². The standard InChI is InChI=1S/C17H11Cl2N3O3/c1-10-14(8-11-2-5-13(6-3-11)22(24)25)17(23)21(20-10)16-9-12(18)4-7-15(16)19/h2-9H,1H3. The molecule has 0 aromatic heterocycles. The molecule has 126 valence electrons. The molecule has 8 heteroatoms. The number of halogens is 2. The molecule has 0 bridgehead atoms. The van der Waals surface area contributed by atoms with Crippen LogP contribution in [0.15, 0.2) is 53.1 Å². The van der Waals surface area contributed by atoms with E-state index in [1.165, 1.54) is 17.1 Å². The van der Waals surface area contributed by atoms with Gasteiger partial charge in [0.15, 0.2) is 0 Å². The van der Waals surface area contributed by atoms with Crippen molar-refractivity contribution in [3.63, 3.8) is 0 Å². The number of hydrazone groups is 1. The Morgan fingerprint density at radius 3 is 2.48 bits per heavy atom. The molecule has 0 N–H and O–H groups in total. The molecule has 1 aliphatic rings. The quantitative estimate of drug-likeness (QED) is 0.442. The maximum absolute atomic E-state index is 12.7. The molecule has 0 radical (unpaired) electrons. The highest BCUT2D eigenvalue weighted by Gasteiger charge is 2.30. The number of anilines is 1. The minimum atomic E-state index is -0.479. The van der Waals surface area contributed by atoms with E-state index >= 15 is 0 Å². The van der Waals surface area contributed by atoms with Crippen LogP contribution in [0.3, 0.4) is 0 Å². The number of carbonyl (C=O) groups excluding carboxylic acids is 1. The lowest BCUT2D eigenvalue weighted by Crippen LogP contribution is -2.21. The number of nitrogens with zero attached hydrogens (tertiary/aromatic N) is 3. The number of rotatable bonds is 3. The molecule has 25 heavy (non-hydrogen) atoms. The van der Waals surface area contributed by atoms with Crippen LogP contribution in [0.25, 0.3) is 6.08 Å². The maximum atomic E-state index is 12.7. The molecule has 1 aliphatic heterocycles. The molecule has 0 unspecified atom stereocenters. The summed E-state index contributed by atoms with van der Waals surface area (Å²) in [7, 11) is 0. The average Bonchev–Trinajstić information content (AvgIpc) is 2.85. The first-order valence-corrected chi connectivity index (χ1v) is 7.93. The van der Waals surface area contributed by atoms with Crippen LogP contribution in [0.5, 0.6) is 0 Å². The van der Waals surface area contributed by atoms with Crippen LogP contribution < -0.4 is 5.01 Å². The minimum Gasteiger partial charge on any atom is -0.267 e. The zero-order chi connectivity index (χ0) is 18.1. The van der Waals surface area contributed by atoms with Crippen LogP contribution in [0, 0.1) is 10.1 Å². The lowest BCUT2D eigenvalue weighted by atomic mass is 10.1. The van der Waals surface area contributed by atoms with E-state index in [4.69, 9.17) is 23.2 Å². The van der Waals surface area contributed by atoms with Crippen LogP contribution >= 0.6 is 23.2 Å². The highest BCUT2D eigenvalue weighted by molar-refractivity contribution is 6.38. The van der Waals surface area contributed by atoms with Gasteiger partial charge in [0.2, 0.25) is 0 Å². The molecule has 0 atom stereocenters. The summed E-state index contributed by atoms with van der Waals surface area (Å²) in [6.45, 7) is 1.70. The van der Waals surface area contributed by atoms with Gasteiger partial charge in [-0.05, 0) is 48.9 Å². The molecule has 0 aliphatic carbocycles. The zero-order valence-electron chi connectivity index (χ0n) is 12.9. The van der Waals surface area contributed by atoms with Crippen molar-refractivity contribution in [2.75, 3.05) is 5.01 Å². The molecule has 3 rings (SSSR count). The third kappa shape index (κ3) is 3.40. The van der Waals surface area contributed by atoms with Gasteiger partial charge in [-0.25, -0.2) is 0 Å². The smallest absolute Gasteiger partial charge is 0.267 e. The van der Waals surface area contributed by atoms with Gasteiger partial charge in [-0.3, -0.25) is 14.9 Å². The molecular weight excluding hydrogens is 365 g/mol. The Balaban J connectivity index is 1.94. The fourth-order valence-corrected chi connectivity index (χ4v) is 2.72. The van der Waals surface area contributed by atoms with E-state index < -0.39 is 4.92 Å². The second-order valence-corrected chi connectivity index (χ2v) is 6.15. The molecular formula is C17H11Cl2N3O3. The number of nitro groups is 1. The average molecular weight is 376 g/mol. The SMILES string of the molecule is CC1=NN(c2cc(Cl)ccc2Cl)C(=O)C1=Cc1ccc([N+](=O)[O-])cc1. The second-order valence-electron chi connectivity index (χ2n) is 5.30. The molecule has 2 aromatic rings. The fraction of sp³-hybridized carbons (Fsp3) is 0.0588. The van der Waals surface area contributed by atoms with E-state index in [1.807, 2.05) is 0 Å². The van der Waals surface area contributed by atoms with Crippen LogP contribution in [0.2, 0.25) is 10.0 Å². The monoisotopic (exact) mass is 375 g/mol. The zero-order valence-corrected chi connectivity index (χ0v) is 14.5. The van der Waals surface area contributed by atoms with Crippen molar-refractivity contribution < 1.29 is 9.72 Å². The topological polar surface area (TPSA) is 75.8 Å². The normalized spacial score (nSPS) is 15.6. The van der Waals surface area contributed by atoms with E-state index in [1.54, 1.807) is 43.3 Å². The number of amides is 1. The van der Waals surface area contributed by atoms with Gasteiger partial charge in [0.1, 0.15) is 0 Å². The number of carbonyl (C=O) groups is 1. The molecule has 6 nitrogen and oxygen atoms in total. The largest absolute Gasteiger partial charge is 0.280 e. The summed E-state index contributed by atoms with van der Waals surface area (Å²) < 4.78 is 0. The third-order valence-corrected chi connectivity index (χ3v) is 4.17. The van der Waals surface area contributed by atoms with Crippen molar-refractivity contribution in [1.82, 2.24) is 0 Å². The van der Waals surface area contributed by atoms with Gasteiger partial charge in [-0.1, -0.05) is 23.2 Å². The van der Waals surface area contributed by atoms with Crippen molar-refractivity contribution in [1.29, 1.82) is 0 Å². The summed E-state index contributed by atoms with van der Waals surface area (Å²) in [4.78, 5) is 22.9. The van der Waals surface area contributed by atoms with Crippen LogP contribution in [-0.2, 0) is 4.79 Å². The number of hydrogen-bond acceptors (Lipinski definition) is 4. The number of nitro benzene ring substituents is 1. The number of non-ortho nitro benzene ring substituents is 1. The Bertz CT molecular complexity index is 937. The Morgan fingerprint density at radius 2 is 1.84 bits per heavy atom. The summed E-state index contributed by atoms with van der Waals surface area (Å²) >= 11 is 12.1. The van der Waals surface area contributed by atoms with Gasteiger partial charge in [-0.2, -0.15) is 10.1 Å². The van der Waals surface area contributed by atoms with Crippen LogP contribution in [-0.4, -0.2) is 16.5 Å². The first-order valence-electron chi connectivity index (χ1n) is 7.18. The third-order valence-electron chi connectivity index (χ3n) is 3.61. The second kappa shape index (κ2) is 6.66. The Morgan fingerprint density at radius 1 is 1.16 bits per heavy atom. The molecule has 0 spiro atoms. The van der Waals surface area contributed by atoms with Gasteiger partial charge in [-0.15, -0.1) is 0 Å². The van der Waals surface area contributed by atoms with Crippen molar-refractivity contribution >= 4 is 52.3 Å². The summed E-state index contributed by atoms with van der Waals surface area (Å²) in [5.41, 5.74) is 1.93. The highest BCUT2D eigenvalue weighted by Crippen LogP contribution is 2.33. The van der Waals surface area contributed by atoms with E-state index in [2.05, 4.69) is 5.10 Å². The predicted molar refractivity (Wildman–Crippen MR) is 98.1 cm³/mol. The summed E-state index contributed by atoms with van der Waals surface area (Å²) in [6, 6.07) is 10.7. The molecule has 1 amide bonds.